The second kappa shape index (κ2) is 5.66. The van der Waals surface area contributed by atoms with Gasteiger partial charge in [0.15, 0.2) is 0 Å². The number of hydrogen-bond donors (Lipinski definition) is 0. The lowest BCUT2D eigenvalue weighted by atomic mass is 9.97. The van der Waals surface area contributed by atoms with Crippen LogP contribution in [0.4, 0.5) is 0 Å². The lowest BCUT2D eigenvalue weighted by Gasteiger charge is -2.27. The largest absolute Gasteiger partial charge is 0.480 e. The SMILES string of the molecule is CC1=Cc2cc(Br)cc(Br)c2O[C@H]1c1ccc(Br)cc1. The number of rotatable bonds is 1. The monoisotopic (exact) mass is 456 g/mol. The van der Waals surface area contributed by atoms with E-state index < -0.39 is 0 Å². The van der Waals surface area contributed by atoms with Gasteiger partial charge in [0.1, 0.15) is 11.9 Å². The smallest absolute Gasteiger partial charge is 0.145 e. The van der Waals surface area contributed by atoms with Crippen molar-refractivity contribution in [3.63, 3.8) is 0 Å². The van der Waals surface area contributed by atoms with Gasteiger partial charge < -0.3 is 4.74 Å². The minimum absolute atomic E-state index is 0.0342. The van der Waals surface area contributed by atoms with Gasteiger partial charge in [0, 0.05) is 14.5 Å². The van der Waals surface area contributed by atoms with Gasteiger partial charge in [0.05, 0.1) is 4.47 Å². The van der Waals surface area contributed by atoms with Crippen molar-refractivity contribution in [1.82, 2.24) is 0 Å². The van der Waals surface area contributed by atoms with Gasteiger partial charge in [-0.3, -0.25) is 0 Å². The first-order valence-electron chi connectivity index (χ1n) is 6.14. The van der Waals surface area contributed by atoms with Gasteiger partial charge in [-0.25, -0.2) is 0 Å². The van der Waals surface area contributed by atoms with Gasteiger partial charge in [0.2, 0.25) is 0 Å². The molecule has 0 aliphatic carbocycles. The molecule has 0 amide bonds. The summed E-state index contributed by atoms with van der Waals surface area (Å²) in [7, 11) is 0. The first-order chi connectivity index (χ1) is 9.54. The maximum atomic E-state index is 6.20. The molecule has 1 aliphatic rings. The molecule has 0 saturated carbocycles. The van der Waals surface area contributed by atoms with Crippen LogP contribution in [0.3, 0.4) is 0 Å². The fraction of sp³-hybridized carbons (Fsp3) is 0.125. The van der Waals surface area contributed by atoms with Gasteiger partial charge in [-0.1, -0.05) is 44.0 Å². The van der Waals surface area contributed by atoms with Crippen molar-refractivity contribution in [2.75, 3.05) is 0 Å². The highest BCUT2D eigenvalue weighted by atomic mass is 79.9. The third-order valence-corrected chi connectivity index (χ3v) is 4.82. The normalized spacial score (nSPS) is 17.2. The lowest BCUT2D eigenvalue weighted by molar-refractivity contribution is 0.237. The van der Waals surface area contributed by atoms with Crippen LogP contribution in [0.15, 0.2) is 55.4 Å². The second-order valence-electron chi connectivity index (χ2n) is 4.74. The molecule has 2 aromatic rings. The lowest BCUT2D eigenvalue weighted by Crippen LogP contribution is -2.13. The third kappa shape index (κ3) is 2.74. The van der Waals surface area contributed by atoms with E-state index in [1.165, 1.54) is 5.57 Å². The van der Waals surface area contributed by atoms with Gasteiger partial charge in [0.25, 0.3) is 0 Å². The molecule has 0 N–H and O–H groups in total. The molecular weight excluding hydrogens is 448 g/mol. The number of benzene rings is 2. The van der Waals surface area contributed by atoms with Crippen molar-refractivity contribution in [3.05, 3.63) is 66.5 Å². The van der Waals surface area contributed by atoms with Crippen LogP contribution in [-0.2, 0) is 0 Å². The molecule has 1 heterocycles. The fourth-order valence-electron chi connectivity index (χ4n) is 2.31. The van der Waals surface area contributed by atoms with Crippen LogP contribution < -0.4 is 4.74 Å². The number of hydrogen-bond acceptors (Lipinski definition) is 1. The summed E-state index contributed by atoms with van der Waals surface area (Å²) in [5, 5.41) is 0. The predicted molar refractivity (Wildman–Crippen MR) is 93.0 cm³/mol. The summed E-state index contributed by atoms with van der Waals surface area (Å²) in [5.74, 6) is 0.895. The Kier molecular flexibility index (Phi) is 4.07. The van der Waals surface area contributed by atoms with Crippen LogP contribution in [0.2, 0.25) is 0 Å². The van der Waals surface area contributed by atoms with Crippen LogP contribution >= 0.6 is 47.8 Å². The van der Waals surface area contributed by atoms with E-state index in [0.717, 1.165) is 30.3 Å². The molecule has 0 bridgehead atoms. The zero-order valence-corrected chi connectivity index (χ0v) is 15.4. The van der Waals surface area contributed by atoms with Crippen molar-refractivity contribution < 1.29 is 4.74 Å². The Morgan fingerprint density at radius 2 is 1.65 bits per heavy atom. The van der Waals surface area contributed by atoms with Gasteiger partial charge in [-0.15, -0.1) is 0 Å². The Morgan fingerprint density at radius 3 is 2.35 bits per heavy atom. The molecular formula is C16H11Br3O. The van der Waals surface area contributed by atoms with E-state index in [1.807, 2.05) is 18.2 Å². The van der Waals surface area contributed by atoms with E-state index in [9.17, 15) is 0 Å². The molecule has 0 unspecified atom stereocenters. The van der Waals surface area contributed by atoms with E-state index in [2.05, 4.69) is 79.0 Å². The van der Waals surface area contributed by atoms with Gasteiger partial charge in [-0.05, 0) is 64.3 Å². The zero-order valence-electron chi connectivity index (χ0n) is 10.7. The van der Waals surface area contributed by atoms with E-state index in [-0.39, 0.29) is 6.10 Å². The van der Waals surface area contributed by atoms with Crippen molar-refractivity contribution in [1.29, 1.82) is 0 Å². The quantitative estimate of drug-likeness (QED) is 0.473. The zero-order chi connectivity index (χ0) is 14.3. The Hall–Kier alpha value is -0.580. The maximum absolute atomic E-state index is 6.20. The molecule has 2 aromatic carbocycles. The van der Waals surface area contributed by atoms with Gasteiger partial charge >= 0.3 is 0 Å². The summed E-state index contributed by atoms with van der Waals surface area (Å²) in [6.07, 6.45) is 2.15. The predicted octanol–water partition coefficient (Wildman–Crippen LogP) is 6.51. The fourth-order valence-corrected chi connectivity index (χ4v) is 3.93. The van der Waals surface area contributed by atoms with E-state index in [1.54, 1.807) is 0 Å². The second-order valence-corrected chi connectivity index (χ2v) is 7.43. The molecule has 20 heavy (non-hydrogen) atoms. The van der Waals surface area contributed by atoms with Crippen molar-refractivity contribution in [2.45, 2.75) is 13.0 Å². The van der Waals surface area contributed by atoms with Crippen molar-refractivity contribution >= 4 is 53.9 Å². The average Bonchev–Trinajstić information content (AvgIpc) is 2.39. The van der Waals surface area contributed by atoms with Crippen molar-refractivity contribution in [2.24, 2.45) is 0 Å². The summed E-state index contributed by atoms with van der Waals surface area (Å²) in [5.41, 5.74) is 3.45. The Bertz CT molecular complexity index is 690. The average molecular weight is 459 g/mol. The summed E-state index contributed by atoms with van der Waals surface area (Å²) < 4.78 is 9.28. The molecule has 3 rings (SSSR count). The highest BCUT2D eigenvalue weighted by Gasteiger charge is 2.23. The standard InChI is InChI=1S/C16H11Br3O/c1-9-6-11-7-13(18)8-14(19)16(11)20-15(9)10-2-4-12(17)5-3-10/h2-8,15H,1H3/t15-/m1/s1. The van der Waals surface area contributed by atoms with Crippen LogP contribution in [0, 0.1) is 0 Å². The molecule has 1 atom stereocenters. The molecule has 1 aliphatic heterocycles. The van der Waals surface area contributed by atoms with E-state index >= 15 is 0 Å². The Balaban J connectivity index is 2.04. The minimum Gasteiger partial charge on any atom is -0.480 e. The molecule has 4 heteroatoms. The minimum atomic E-state index is -0.0342. The first kappa shape index (κ1) is 14.4. The van der Waals surface area contributed by atoms with Gasteiger partial charge in [-0.2, -0.15) is 0 Å². The van der Waals surface area contributed by atoms with E-state index in [0.29, 0.717) is 0 Å². The summed E-state index contributed by atoms with van der Waals surface area (Å²) in [6.45, 7) is 2.10. The molecule has 102 valence electrons. The summed E-state index contributed by atoms with van der Waals surface area (Å²) in [4.78, 5) is 0. The van der Waals surface area contributed by atoms with Crippen LogP contribution in [0.25, 0.3) is 6.08 Å². The van der Waals surface area contributed by atoms with E-state index in [4.69, 9.17) is 4.74 Å². The number of ether oxygens (including phenoxy) is 1. The molecule has 0 saturated heterocycles. The van der Waals surface area contributed by atoms with Crippen LogP contribution in [-0.4, -0.2) is 0 Å². The summed E-state index contributed by atoms with van der Waals surface area (Å²) >= 11 is 10.5. The first-order valence-corrected chi connectivity index (χ1v) is 8.52. The molecule has 0 fully saturated rings. The topological polar surface area (TPSA) is 9.23 Å². The summed E-state index contributed by atoms with van der Waals surface area (Å²) in [6, 6.07) is 12.3. The highest BCUT2D eigenvalue weighted by Crippen LogP contribution is 2.42. The molecule has 1 nitrogen and oxygen atoms in total. The molecule has 0 radical (unpaired) electrons. The molecule has 0 aromatic heterocycles. The van der Waals surface area contributed by atoms with Crippen LogP contribution in [0.1, 0.15) is 24.2 Å². The Labute approximate surface area is 143 Å². The number of fused-ring (bicyclic) bond motifs is 1. The maximum Gasteiger partial charge on any atom is 0.145 e. The third-order valence-electron chi connectivity index (χ3n) is 3.24. The highest BCUT2D eigenvalue weighted by molar-refractivity contribution is 9.11. The molecule has 0 spiro atoms. The number of halogens is 3. The van der Waals surface area contributed by atoms with Crippen LogP contribution in [0.5, 0.6) is 5.75 Å². The van der Waals surface area contributed by atoms with Crippen molar-refractivity contribution in [3.8, 4) is 5.75 Å². The Morgan fingerprint density at radius 1 is 0.950 bits per heavy atom.